The van der Waals surface area contributed by atoms with E-state index < -0.39 is 0 Å². The van der Waals surface area contributed by atoms with Gasteiger partial charge in [0.05, 0.1) is 29.6 Å². The first kappa shape index (κ1) is 25.4. The number of fused-ring (bicyclic) bond motifs is 1. The van der Waals surface area contributed by atoms with E-state index in [0.717, 1.165) is 17.7 Å². The predicted molar refractivity (Wildman–Crippen MR) is 144 cm³/mol. The molecule has 0 saturated carbocycles. The number of anilines is 1. The van der Waals surface area contributed by atoms with Gasteiger partial charge in [-0.3, -0.25) is 9.59 Å². The number of ketones is 1. The van der Waals surface area contributed by atoms with Crippen molar-refractivity contribution >= 4 is 29.0 Å². The first-order valence-electron chi connectivity index (χ1n) is 12.4. The van der Waals surface area contributed by atoms with E-state index in [1.165, 1.54) is 38.9 Å². The number of benzene rings is 2. The van der Waals surface area contributed by atoms with E-state index >= 15 is 0 Å². The van der Waals surface area contributed by atoms with Crippen molar-refractivity contribution in [3.05, 3.63) is 82.7 Å². The van der Waals surface area contributed by atoms with Gasteiger partial charge in [0.25, 0.3) is 5.91 Å². The van der Waals surface area contributed by atoms with Gasteiger partial charge in [-0.2, -0.15) is 0 Å². The van der Waals surface area contributed by atoms with Crippen LogP contribution in [0.2, 0.25) is 0 Å². The van der Waals surface area contributed by atoms with E-state index in [1.54, 1.807) is 37.6 Å². The number of aryl methyl sites for hydroxylation is 1. The standard InChI is InChI=1S/C22H18N2O3.C7H16N2/c1-13-12-23-19(20(13)21(25)14-6-4-3-5-7-14)11-17-16-9-8-15(27-2)10-18(16)24-22(17)26;8-4-3-7-9-5-1-2-6-9/h3-12,23H,1-2H3,(H,24,26);1-8H2. The quantitative estimate of drug-likeness (QED) is 0.338. The number of aromatic nitrogens is 1. The van der Waals surface area contributed by atoms with Crippen LogP contribution in [0.25, 0.3) is 11.6 Å². The Balaban J connectivity index is 0.000000286. The summed E-state index contributed by atoms with van der Waals surface area (Å²) < 4.78 is 5.21. The maximum atomic E-state index is 13.0. The number of carbonyl (C=O) groups excluding carboxylic acids is 2. The minimum Gasteiger partial charge on any atom is -0.497 e. The molecule has 0 aliphatic carbocycles. The Labute approximate surface area is 212 Å². The van der Waals surface area contributed by atoms with Crippen LogP contribution in [0.4, 0.5) is 5.69 Å². The third kappa shape index (κ3) is 5.75. The molecule has 3 heterocycles. The molecule has 7 heteroatoms. The summed E-state index contributed by atoms with van der Waals surface area (Å²) in [6.45, 7) is 6.55. The number of aromatic amines is 1. The van der Waals surface area contributed by atoms with E-state index in [0.29, 0.717) is 33.8 Å². The number of amides is 1. The van der Waals surface area contributed by atoms with Gasteiger partial charge in [-0.1, -0.05) is 30.3 Å². The van der Waals surface area contributed by atoms with E-state index in [9.17, 15) is 9.59 Å². The van der Waals surface area contributed by atoms with Gasteiger partial charge < -0.3 is 25.7 Å². The normalized spacial score (nSPS) is 15.9. The molecule has 188 valence electrons. The summed E-state index contributed by atoms with van der Waals surface area (Å²) in [5, 5.41) is 2.84. The lowest BCUT2D eigenvalue weighted by Gasteiger charge is -2.12. The smallest absolute Gasteiger partial charge is 0.256 e. The average Bonchev–Trinajstić information content (AvgIpc) is 3.63. The summed E-state index contributed by atoms with van der Waals surface area (Å²) in [5.74, 6) is 0.393. The van der Waals surface area contributed by atoms with E-state index in [1.807, 2.05) is 37.3 Å². The molecule has 2 aromatic carbocycles. The second-order valence-electron chi connectivity index (χ2n) is 9.07. The second-order valence-corrected chi connectivity index (χ2v) is 9.07. The van der Waals surface area contributed by atoms with Gasteiger partial charge in [-0.15, -0.1) is 0 Å². The van der Waals surface area contributed by atoms with Gasteiger partial charge in [0.2, 0.25) is 0 Å². The summed E-state index contributed by atoms with van der Waals surface area (Å²) in [4.78, 5) is 31.1. The van der Waals surface area contributed by atoms with Gasteiger partial charge in [0, 0.05) is 23.4 Å². The molecule has 5 rings (SSSR count). The van der Waals surface area contributed by atoms with Crippen LogP contribution >= 0.6 is 0 Å². The van der Waals surface area contributed by atoms with Crippen molar-refractivity contribution in [1.29, 1.82) is 0 Å². The first-order chi connectivity index (χ1) is 17.5. The van der Waals surface area contributed by atoms with E-state index in [2.05, 4.69) is 15.2 Å². The third-order valence-electron chi connectivity index (χ3n) is 6.55. The van der Waals surface area contributed by atoms with Gasteiger partial charge in [0.15, 0.2) is 5.78 Å². The highest BCUT2D eigenvalue weighted by molar-refractivity contribution is 6.35. The van der Waals surface area contributed by atoms with Crippen LogP contribution in [-0.2, 0) is 4.79 Å². The summed E-state index contributed by atoms with van der Waals surface area (Å²) in [6, 6.07) is 14.5. The van der Waals surface area contributed by atoms with Crippen LogP contribution in [-0.4, -0.2) is 54.9 Å². The maximum Gasteiger partial charge on any atom is 0.256 e. The molecule has 1 fully saturated rings. The molecule has 0 bridgehead atoms. The van der Waals surface area contributed by atoms with Crippen LogP contribution in [0, 0.1) is 6.92 Å². The Kier molecular flexibility index (Phi) is 8.36. The number of likely N-dealkylation sites (tertiary alicyclic amines) is 1. The highest BCUT2D eigenvalue weighted by Gasteiger charge is 2.26. The Morgan fingerprint density at radius 1 is 1.14 bits per heavy atom. The van der Waals surface area contributed by atoms with Crippen molar-refractivity contribution in [2.24, 2.45) is 5.73 Å². The summed E-state index contributed by atoms with van der Waals surface area (Å²) >= 11 is 0. The van der Waals surface area contributed by atoms with Crippen LogP contribution < -0.4 is 15.8 Å². The fraction of sp³-hybridized carbons (Fsp3) is 0.310. The third-order valence-corrected chi connectivity index (χ3v) is 6.55. The number of rotatable bonds is 7. The van der Waals surface area contributed by atoms with Crippen LogP contribution in [0.15, 0.2) is 54.7 Å². The Hall–Kier alpha value is -3.68. The first-order valence-corrected chi connectivity index (χ1v) is 12.4. The lowest BCUT2D eigenvalue weighted by Crippen LogP contribution is -2.22. The van der Waals surface area contributed by atoms with Crippen molar-refractivity contribution in [2.75, 3.05) is 38.6 Å². The summed E-state index contributed by atoms with van der Waals surface area (Å²) in [5.41, 5.74) is 10.0. The number of hydrogen-bond acceptors (Lipinski definition) is 5. The molecule has 2 aliphatic heterocycles. The number of hydrogen-bond donors (Lipinski definition) is 3. The zero-order valence-corrected chi connectivity index (χ0v) is 21.0. The number of H-pyrrole nitrogens is 1. The molecule has 0 radical (unpaired) electrons. The molecule has 7 nitrogen and oxygen atoms in total. The zero-order valence-electron chi connectivity index (χ0n) is 21.0. The molecule has 1 aromatic heterocycles. The second kappa shape index (κ2) is 11.8. The maximum absolute atomic E-state index is 13.0. The number of nitrogens with zero attached hydrogens (tertiary/aromatic N) is 1. The SMILES string of the molecule is COc1ccc2c(c1)NC(=O)C2=Cc1[nH]cc(C)c1C(=O)c1ccccc1.NCCCN1CCCC1. The molecule has 36 heavy (non-hydrogen) atoms. The van der Waals surface area contributed by atoms with E-state index in [-0.39, 0.29) is 11.7 Å². The molecule has 0 atom stereocenters. The largest absolute Gasteiger partial charge is 0.497 e. The molecule has 4 N–H and O–H groups in total. The number of methoxy groups -OCH3 is 1. The summed E-state index contributed by atoms with van der Waals surface area (Å²) in [6.07, 6.45) is 7.47. The topological polar surface area (TPSA) is 100 Å². The van der Waals surface area contributed by atoms with Crippen molar-refractivity contribution in [2.45, 2.75) is 26.2 Å². The Morgan fingerprint density at radius 3 is 2.58 bits per heavy atom. The highest BCUT2D eigenvalue weighted by atomic mass is 16.5. The Morgan fingerprint density at radius 2 is 1.89 bits per heavy atom. The fourth-order valence-corrected chi connectivity index (χ4v) is 4.60. The van der Waals surface area contributed by atoms with Crippen molar-refractivity contribution in [3.8, 4) is 5.75 Å². The lowest BCUT2D eigenvalue weighted by atomic mass is 9.98. The van der Waals surface area contributed by atoms with Crippen LogP contribution in [0.3, 0.4) is 0 Å². The fourth-order valence-electron chi connectivity index (χ4n) is 4.60. The minimum absolute atomic E-state index is 0.0745. The minimum atomic E-state index is -0.205. The van der Waals surface area contributed by atoms with Crippen molar-refractivity contribution in [1.82, 2.24) is 9.88 Å². The molecule has 0 spiro atoms. The van der Waals surface area contributed by atoms with Crippen molar-refractivity contribution in [3.63, 3.8) is 0 Å². The molecule has 0 unspecified atom stereocenters. The molecular weight excluding hydrogens is 452 g/mol. The molecular formula is C29H34N4O3. The monoisotopic (exact) mass is 486 g/mol. The zero-order chi connectivity index (χ0) is 25.5. The molecule has 1 saturated heterocycles. The predicted octanol–water partition coefficient (Wildman–Crippen LogP) is 4.49. The van der Waals surface area contributed by atoms with E-state index in [4.69, 9.17) is 10.5 Å². The molecule has 3 aromatic rings. The van der Waals surface area contributed by atoms with Crippen LogP contribution in [0.1, 0.15) is 52.0 Å². The lowest BCUT2D eigenvalue weighted by molar-refractivity contribution is -0.110. The highest BCUT2D eigenvalue weighted by Crippen LogP contribution is 2.36. The number of ether oxygens (including phenoxy) is 1. The van der Waals surface area contributed by atoms with Crippen LogP contribution in [0.5, 0.6) is 5.75 Å². The number of nitrogens with one attached hydrogen (secondary N) is 2. The van der Waals surface area contributed by atoms with Gasteiger partial charge in [-0.05, 0) is 76.1 Å². The van der Waals surface area contributed by atoms with Gasteiger partial charge in [-0.25, -0.2) is 0 Å². The Bertz CT molecular complexity index is 1240. The molecule has 2 aliphatic rings. The van der Waals surface area contributed by atoms with Gasteiger partial charge in [0.1, 0.15) is 5.75 Å². The summed E-state index contributed by atoms with van der Waals surface area (Å²) in [7, 11) is 1.58. The average molecular weight is 487 g/mol. The molecule has 1 amide bonds. The number of nitrogens with two attached hydrogens (primary N) is 1. The van der Waals surface area contributed by atoms with Crippen molar-refractivity contribution < 1.29 is 14.3 Å². The van der Waals surface area contributed by atoms with Gasteiger partial charge >= 0.3 is 0 Å². The number of carbonyl (C=O) groups is 2.